The summed E-state index contributed by atoms with van der Waals surface area (Å²) < 4.78 is 5.59. The van der Waals surface area contributed by atoms with Crippen molar-refractivity contribution in [1.82, 2.24) is 4.90 Å². The molecule has 1 heterocycles. The summed E-state index contributed by atoms with van der Waals surface area (Å²) in [6.45, 7) is 5.33. The lowest BCUT2D eigenvalue weighted by Crippen LogP contribution is -2.51. The number of likely N-dealkylation sites (N-methyl/N-ethyl adjacent to an activating group) is 1. The number of oxime groups is 1. The number of carbonyl (C=O) groups is 1. The van der Waals surface area contributed by atoms with Gasteiger partial charge in [0.15, 0.2) is 5.84 Å². The maximum atomic E-state index is 12.9. The fraction of sp³-hybridized carbons (Fsp3) is 0.867. The third-order valence-corrected chi connectivity index (χ3v) is 4.21. The van der Waals surface area contributed by atoms with Crippen molar-refractivity contribution in [1.29, 1.82) is 0 Å². The molecule has 3 N–H and O–H groups in total. The number of ether oxygens (including phenoxy) is 1. The van der Waals surface area contributed by atoms with E-state index < -0.39 is 5.41 Å². The smallest absolute Gasteiger partial charge is 0.236 e. The van der Waals surface area contributed by atoms with E-state index in [1.54, 1.807) is 11.9 Å². The van der Waals surface area contributed by atoms with E-state index in [9.17, 15) is 4.79 Å². The standard InChI is InChI=1S/C15H29N3O3/c1-4-8-15(9-5-2,13(16)17-20)14(19)18(3)11-12-7-6-10-21-12/h12,20H,4-11H2,1-3H3,(H2,16,17). The van der Waals surface area contributed by atoms with E-state index in [4.69, 9.17) is 15.7 Å². The lowest BCUT2D eigenvalue weighted by molar-refractivity contribution is -0.139. The minimum absolute atomic E-state index is 0.0235. The molecule has 1 aliphatic rings. The largest absolute Gasteiger partial charge is 0.409 e. The molecule has 1 unspecified atom stereocenters. The second-order valence-electron chi connectivity index (χ2n) is 5.89. The highest BCUT2D eigenvalue weighted by molar-refractivity contribution is 6.06. The zero-order valence-corrected chi connectivity index (χ0v) is 13.5. The molecule has 0 aromatic carbocycles. The van der Waals surface area contributed by atoms with E-state index in [0.29, 0.717) is 19.4 Å². The first-order valence-electron chi connectivity index (χ1n) is 7.87. The Bertz CT molecular complexity index is 359. The van der Waals surface area contributed by atoms with E-state index in [1.165, 1.54) is 0 Å². The highest BCUT2D eigenvalue weighted by atomic mass is 16.5. The maximum absolute atomic E-state index is 12.9. The molecular formula is C15H29N3O3. The minimum Gasteiger partial charge on any atom is -0.409 e. The summed E-state index contributed by atoms with van der Waals surface area (Å²) in [4.78, 5) is 14.6. The van der Waals surface area contributed by atoms with Crippen molar-refractivity contribution in [2.45, 2.75) is 58.5 Å². The van der Waals surface area contributed by atoms with E-state index in [-0.39, 0.29) is 17.8 Å². The predicted octanol–water partition coefficient (Wildman–Crippen LogP) is 1.96. The molecule has 21 heavy (non-hydrogen) atoms. The molecule has 1 rings (SSSR count). The first-order chi connectivity index (χ1) is 10.0. The van der Waals surface area contributed by atoms with Crippen LogP contribution < -0.4 is 5.73 Å². The Kier molecular flexibility index (Phi) is 6.95. The summed E-state index contributed by atoms with van der Waals surface area (Å²) in [7, 11) is 1.77. The van der Waals surface area contributed by atoms with Crippen LogP contribution in [0.15, 0.2) is 5.16 Å². The molecule has 1 aliphatic heterocycles. The van der Waals surface area contributed by atoms with Crippen molar-refractivity contribution in [3.63, 3.8) is 0 Å². The third kappa shape index (κ3) is 4.09. The average molecular weight is 299 g/mol. The molecule has 0 aromatic rings. The number of hydrogen-bond acceptors (Lipinski definition) is 4. The van der Waals surface area contributed by atoms with Gasteiger partial charge < -0.3 is 20.6 Å². The molecule has 1 atom stereocenters. The van der Waals surface area contributed by atoms with Gasteiger partial charge in [-0.15, -0.1) is 0 Å². The quantitative estimate of drug-likeness (QED) is 0.310. The maximum Gasteiger partial charge on any atom is 0.236 e. The summed E-state index contributed by atoms with van der Waals surface area (Å²) in [5.41, 5.74) is 5.00. The zero-order chi connectivity index (χ0) is 15.9. The van der Waals surface area contributed by atoms with E-state index >= 15 is 0 Å². The predicted molar refractivity (Wildman–Crippen MR) is 82.3 cm³/mol. The van der Waals surface area contributed by atoms with Crippen LogP contribution in [-0.4, -0.2) is 48.2 Å². The van der Waals surface area contributed by atoms with Crippen LogP contribution in [0.3, 0.4) is 0 Å². The molecule has 0 spiro atoms. The molecule has 0 saturated carbocycles. The molecule has 6 nitrogen and oxygen atoms in total. The normalized spacial score (nSPS) is 19.8. The van der Waals surface area contributed by atoms with Crippen LogP contribution in [-0.2, 0) is 9.53 Å². The first-order valence-corrected chi connectivity index (χ1v) is 7.87. The molecule has 1 fully saturated rings. The summed E-state index contributed by atoms with van der Waals surface area (Å²) in [5.74, 6) is -0.0487. The average Bonchev–Trinajstić information content (AvgIpc) is 2.98. The molecule has 0 radical (unpaired) electrons. The van der Waals surface area contributed by atoms with Gasteiger partial charge in [-0.1, -0.05) is 31.8 Å². The van der Waals surface area contributed by atoms with Crippen LogP contribution in [0.25, 0.3) is 0 Å². The van der Waals surface area contributed by atoms with Gasteiger partial charge in [0.05, 0.1) is 6.10 Å². The zero-order valence-electron chi connectivity index (χ0n) is 13.5. The molecule has 6 heteroatoms. The van der Waals surface area contributed by atoms with E-state index in [0.717, 1.165) is 32.3 Å². The lowest BCUT2D eigenvalue weighted by Gasteiger charge is -2.35. The first kappa shape index (κ1) is 17.8. The van der Waals surface area contributed by atoms with Gasteiger partial charge in [0, 0.05) is 20.2 Å². The van der Waals surface area contributed by atoms with Gasteiger partial charge in [-0.25, -0.2) is 0 Å². The van der Waals surface area contributed by atoms with Gasteiger partial charge in [0.2, 0.25) is 5.91 Å². The van der Waals surface area contributed by atoms with Crippen LogP contribution in [0.4, 0.5) is 0 Å². The summed E-state index contributed by atoms with van der Waals surface area (Å²) in [6, 6.07) is 0. The number of amides is 1. The van der Waals surface area contributed by atoms with Crippen LogP contribution in [0, 0.1) is 5.41 Å². The molecule has 0 aromatic heterocycles. The molecule has 1 saturated heterocycles. The second-order valence-corrected chi connectivity index (χ2v) is 5.89. The Labute approximate surface area is 127 Å². The van der Waals surface area contributed by atoms with Crippen molar-refractivity contribution < 1.29 is 14.7 Å². The van der Waals surface area contributed by atoms with Crippen LogP contribution in [0.1, 0.15) is 52.4 Å². The monoisotopic (exact) mass is 299 g/mol. The van der Waals surface area contributed by atoms with Crippen LogP contribution in [0.2, 0.25) is 0 Å². The van der Waals surface area contributed by atoms with Gasteiger partial charge in [0.1, 0.15) is 5.41 Å². The Morgan fingerprint density at radius 1 is 1.43 bits per heavy atom. The fourth-order valence-corrected chi connectivity index (χ4v) is 3.20. The highest BCUT2D eigenvalue weighted by Crippen LogP contribution is 2.33. The van der Waals surface area contributed by atoms with Crippen molar-refractivity contribution in [2.24, 2.45) is 16.3 Å². The number of nitrogens with two attached hydrogens (primary N) is 1. The van der Waals surface area contributed by atoms with E-state index in [1.807, 2.05) is 13.8 Å². The summed E-state index contributed by atoms with van der Waals surface area (Å²) in [5, 5.41) is 12.3. The number of nitrogens with zero attached hydrogens (tertiary/aromatic N) is 2. The van der Waals surface area contributed by atoms with Crippen LogP contribution >= 0.6 is 0 Å². The van der Waals surface area contributed by atoms with Crippen molar-refractivity contribution >= 4 is 11.7 Å². The third-order valence-electron chi connectivity index (χ3n) is 4.21. The number of rotatable bonds is 8. The van der Waals surface area contributed by atoms with Gasteiger partial charge in [-0.3, -0.25) is 4.79 Å². The molecule has 0 aliphatic carbocycles. The number of carbonyl (C=O) groups excluding carboxylic acids is 1. The second kappa shape index (κ2) is 8.22. The van der Waals surface area contributed by atoms with Gasteiger partial charge in [0.25, 0.3) is 0 Å². The topological polar surface area (TPSA) is 88.2 Å². The molecule has 122 valence electrons. The molecular weight excluding hydrogens is 270 g/mol. The number of hydrogen-bond donors (Lipinski definition) is 2. The summed E-state index contributed by atoms with van der Waals surface area (Å²) in [6.07, 6.45) is 4.91. The minimum atomic E-state index is -0.897. The Hall–Kier alpha value is -1.30. The lowest BCUT2D eigenvalue weighted by atomic mass is 9.76. The van der Waals surface area contributed by atoms with Crippen molar-refractivity contribution in [3.8, 4) is 0 Å². The molecule has 1 amide bonds. The van der Waals surface area contributed by atoms with Gasteiger partial charge >= 0.3 is 0 Å². The fourth-order valence-electron chi connectivity index (χ4n) is 3.20. The van der Waals surface area contributed by atoms with Gasteiger partial charge in [-0.2, -0.15) is 0 Å². The van der Waals surface area contributed by atoms with Crippen molar-refractivity contribution in [2.75, 3.05) is 20.2 Å². The number of amidine groups is 1. The summed E-state index contributed by atoms with van der Waals surface area (Å²) >= 11 is 0. The molecule has 0 bridgehead atoms. The Balaban J connectivity index is 2.91. The Morgan fingerprint density at radius 2 is 2.05 bits per heavy atom. The highest BCUT2D eigenvalue weighted by Gasteiger charge is 2.43. The SMILES string of the molecule is CCCC(CCC)(C(=O)N(C)CC1CCCO1)C(N)=NO. The van der Waals surface area contributed by atoms with Crippen molar-refractivity contribution in [3.05, 3.63) is 0 Å². The van der Waals surface area contributed by atoms with E-state index in [2.05, 4.69) is 5.16 Å². The Morgan fingerprint density at radius 3 is 2.48 bits per heavy atom. The van der Waals surface area contributed by atoms with Gasteiger partial charge in [-0.05, 0) is 25.7 Å². The van der Waals surface area contributed by atoms with Crippen LogP contribution in [0.5, 0.6) is 0 Å².